The maximum Gasteiger partial charge on any atom is 0.142 e. The van der Waals surface area contributed by atoms with Crippen LogP contribution in [-0.4, -0.2) is 30.6 Å². The van der Waals surface area contributed by atoms with Crippen LogP contribution in [0.5, 0.6) is 11.5 Å². The lowest BCUT2D eigenvalue weighted by Crippen LogP contribution is -2.32. The molecule has 0 radical (unpaired) electrons. The molecule has 2 aromatic rings. The maximum atomic E-state index is 5.71. The van der Waals surface area contributed by atoms with Crippen molar-refractivity contribution in [1.29, 1.82) is 0 Å². The van der Waals surface area contributed by atoms with Crippen molar-refractivity contribution in [1.82, 2.24) is 9.88 Å². The van der Waals surface area contributed by atoms with Gasteiger partial charge < -0.3 is 9.47 Å². The number of ether oxygens (including phenoxy) is 2. The molecule has 22 heavy (non-hydrogen) atoms. The van der Waals surface area contributed by atoms with Crippen LogP contribution in [0.1, 0.15) is 36.7 Å². The first-order valence-corrected chi connectivity index (χ1v) is 7.64. The summed E-state index contributed by atoms with van der Waals surface area (Å²) >= 11 is 0. The maximum absolute atomic E-state index is 5.71. The van der Waals surface area contributed by atoms with Gasteiger partial charge in [-0.1, -0.05) is 12.1 Å². The van der Waals surface area contributed by atoms with Crippen LogP contribution in [-0.2, 0) is 0 Å². The average molecular weight is 298 g/mol. The molecule has 2 heterocycles. The lowest BCUT2D eigenvalue weighted by atomic mass is 10.00. The Morgan fingerprint density at radius 1 is 1.27 bits per heavy atom. The molecule has 4 heteroatoms. The lowest BCUT2D eigenvalue weighted by Gasteiger charge is -2.36. The van der Waals surface area contributed by atoms with E-state index in [1.165, 1.54) is 5.56 Å². The van der Waals surface area contributed by atoms with Gasteiger partial charge in [0.15, 0.2) is 0 Å². The second-order valence-corrected chi connectivity index (χ2v) is 5.65. The Kier molecular flexibility index (Phi) is 4.29. The predicted octanol–water partition coefficient (Wildman–Crippen LogP) is 3.61. The molecule has 3 rings (SSSR count). The zero-order valence-electron chi connectivity index (χ0n) is 13.3. The fraction of sp³-hybridized carbons (Fsp3) is 0.389. The van der Waals surface area contributed by atoms with Crippen molar-refractivity contribution in [3.05, 3.63) is 53.9 Å². The van der Waals surface area contributed by atoms with E-state index in [9.17, 15) is 0 Å². The Labute approximate surface area is 131 Å². The lowest BCUT2D eigenvalue weighted by molar-refractivity contribution is 0.128. The van der Waals surface area contributed by atoms with E-state index in [-0.39, 0.29) is 6.04 Å². The summed E-state index contributed by atoms with van der Waals surface area (Å²) < 4.78 is 10.9. The van der Waals surface area contributed by atoms with E-state index < -0.39 is 0 Å². The summed E-state index contributed by atoms with van der Waals surface area (Å²) in [4.78, 5) is 6.91. The van der Waals surface area contributed by atoms with Crippen molar-refractivity contribution in [3.63, 3.8) is 0 Å². The standard InChI is InChI=1S/C18H22N2O2/c1-13(14-6-8-15(21-3)9-7-14)20(2)16-10-12-22-17-5-4-11-19-18(16)17/h4-9,11,13,16H,10,12H2,1-3H3/t13-,16?/m0/s1. The number of hydrogen-bond donors (Lipinski definition) is 0. The summed E-state index contributed by atoms with van der Waals surface area (Å²) in [5.41, 5.74) is 2.31. The van der Waals surface area contributed by atoms with Gasteiger partial charge in [0.2, 0.25) is 0 Å². The van der Waals surface area contributed by atoms with Gasteiger partial charge in [-0.25, -0.2) is 0 Å². The Morgan fingerprint density at radius 3 is 2.77 bits per heavy atom. The third-order valence-electron chi connectivity index (χ3n) is 4.46. The topological polar surface area (TPSA) is 34.6 Å². The minimum absolute atomic E-state index is 0.280. The van der Waals surface area contributed by atoms with Gasteiger partial charge in [-0.2, -0.15) is 0 Å². The molecule has 0 spiro atoms. The molecule has 1 unspecified atom stereocenters. The summed E-state index contributed by atoms with van der Waals surface area (Å²) in [6.45, 7) is 2.96. The number of nitrogens with zero attached hydrogens (tertiary/aromatic N) is 2. The van der Waals surface area contributed by atoms with Crippen molar-refractivity contribution in [2.45, 2.75) is 25.4 Å². The van der Waals surface area contributed by atoms with Crippen molar-refractivity contribution < 1.29 is 9.47 Å². The smallest absolute Gasteiger partial charge is 0.142 e. The molecule has 1 aliphatic rings. The van der Waals surface area contributed by atoms with Gasteiger partial charge in [-0.05, 0) is 43.8 Å². The Morgan fingerprint density at radius 2 is 2.05 bits per heavy atom. The van der Waals surface area contributed by atoms with Gasteiger partial charge in [-0.15, -0.1) is 0 Å². The van der Waals surface area contributed by atoms with Gasteiger partial charge >= 0.3 is 0 Å². The van der Waals surface area contributed by atoms with Crippen LogP contribution in [0, 0.1) is 0 Å². The number of hydrogen-bond acceptors (Lipinski definition) is 4. The quantitative estimate of drug-likeness (QED) is 0.863. The van der Waals surface area contributed by atoms with Crippen LogP contribution < -0.4 is 9.47 Å². The molecular weight excluding hydrogens is 276 g/mol. The number of rotatable bonds is 4. The zero-order chi connectivity index (χ0) is 15.5. The molecule has 0 fully saturated rings. The summed E-state index contributed by atoms with van der Waals surface area (Å²) in [6.07, 6.45) is 2.80. The van der Waals surface area contributed by atoms with Crippen molar-refractivity contribution >= 4 is 0 Å². The van der Waals surface area contributed by atoms with Crippen LogP contribution in [0.4, 0.5) is 0 Å². The number of benzene rings is 1. The first-order valence-electron chi connectivity index (χ1n) is 7.64. The SMILES string of the molecule is COc1ccc([C@H](C)N(C)C2CCOc3cccnc32)cc1. The third-order valence-corrected chi connectivity index (χ3v) is 4.46. The van der Waals surface area contributed by atoms with Crippen molar-refractivity contribution in [2.75, 3.05) is 20.8 Å². The van der Waals surface area contributed by atoms with E-state index in [0.717, 1.165) is 30.2 Å². The first kappa shape index (κ1) is 14.9. The fourth-order valence-corrected chi connectivity index (χ4v) is 2.98. The number of pyridine rings is 1. The molecule has 0 saturated heterocycles. The Hall–Kier alpha value is -2.07. The molecule has 0 bridgehead atoms. The van der Waals surface area contributed by atoms with Crippen LogP contribution >= 0.6 is 0 Å². The van der Waals surface area contributed by atoms with E-state index in [0.29, 0.717) is 6.04 Å². The molecular formula is C18H22N2O2. The fourth-order valence-electron chi connectivity index (χ4n) is 2.98. The minimum atomic E-state index is 0.280. The van der Waals surface area contributed by atoms with Gasteiger partial charge in [0.05, 0.1) is 25.5 Å². The Balaban J connectivity index is 1.82. The van der Waals surface area contributed by atoms with E-state index >= 15 is 0 Å². The highest BCUT2D eigenvalue weighted by Crippen LogP contribution is 2.37. The molecule has 1 aliphatic heterocycles. The van der Waals surface area contributed by atoms with Gasteiger partial charge in [0.1, 0.15) is 11.5 Å². The van der Waals surface area contributed by atoms with E-state index in [2.05, 4.69) is 36.0 Å². The molecule has 116 valence electrons. The molecule has 0 N–H and O–H groups in total. The minimum Gasteiger partial charge on any atom is -0.497 e. The third kappa shape index (κ3) is 2.79. The molecule has 0 saturated carbocycles. The average Bonchev–Trinajstić information content (AvgIpc) is 2.60. The molecule has 1 aromatic heterocycles. The first-order chi connectivity index (χ1) is 10.7. The highest BCUT2D eigenvalue weighted by atomic mass is 16.5. The molecule has 4 nitrogen and oxygen atoms in total. The van der Waals surface area contributed by atoms with E-state index in [1.54, 1.807) is 7.11 Å². The highest BCUT2D eigenvalue weighted by molar-refractivity contribution is 5.33. The summed E-state index contributed by atoms with van der Waals surface area (Å²) in [7, 11) is 3.85. The summed E-state index contributed by atoms with van der Waals surface area (Å²) in [5, 5.41) is 0. The van der Waals surface area contributed by atoms with Crippen LogP contribution in [0.2, 0.25) is 0 Å². The van der Waals surface area contributed by atoms with Crippen LogP contribution in [0.25, 0.3) is 0 Å². The second-order valence-electron chi connectivity index (χ2n) is 5.65. The number of aromatic nitrogens is 1. The molecule has 0 aliphatic carbocycles. The van der Waals surface area contributed by atoms with Crippen LogP contribution in [0.15, 0.2) is 42.6 Å². The monoisotopic (exact) mass is 298 g/mol. The van der Waals surface area contributed by atoms with Crippen molar-refractivity contribution in [2.24, 2.45) is 0 Å². The normalized spacial score (nSPS) is 18.5. The van der Waals surface area contributed by atoms with E-state index in [4.69, 9.17) is 9.47 Å². The molecule has 2 atom stereocenters. The number of fused-ring (bicyclic) bond motifs is 1. The molecule has 0 amide bonds. The number of methoxy groups -OCH3 is 1. The summed E-state index contributed by atoms with van der Waals surface area (Å²) in [5.74, 6) is 1.80. The van der Waals surface area contributed by atoms with Crippen LogP contribution in [0.3, 0.4) is 0 Å². The molecule has 1 aromatic carbocycles. The Bertz CT molecular complexity index is 627. The zero-order valence-corrected chi connectivity index (χ0v) is 13.3. The second kappa shape index (κ2) is 6.36. The largest absolute Gasteiger partial charge is 0.497 e. The highest BCUT2D eigenvalue weighted by Gasteiger charge is 2.29. The van der Waals surface area contributed by atoms with Crippen molar-refractivity contribution in [3.8, 4) is 11.5 Å². The predicted molar refractivity (Wildman–Crippen MR) is 86.3 cm³/mol. The van der Waals surface area contributed by atoms with E-state index in [1.807, 2.05) is 30.5 Å². The summed E-state index contributed by atoms with van der Waals surface area (Å²) in [6, 6.07) is 12.8. The van der Waals surface area contributed by atoms with Gasteiger partial charge in [0.25, 0.3) is 0 Å². The van der Waals surface area contributed by atoms with Gasteiger partial charge in [-0.3, -0.25) is 9.88 Å². The van der Waals surface area contributed by atoms with Gasteiger partial charge in [0, 0.05) is 18.7 Å².